The molecule has 1 saturated heterocycles. The Labute approximate surface area is 218 Å². The fraction of sp³-hybridized carbons (Fsp3) is 0.414. The Morgan fingerprint density at radius 1 is 1.08 bits per heavy atom. The van der Waals surface area contributed by atoms with Crippen molar-refractivity contribution >= 4 is 22.8 Å². The van der Waals surface area contributed by atoms with Gasteiger partial charge >= 0.3 is 5.97 Å². The van der Waals surface area contributed by atoms with Crippen molar-refractivity contribution in [3.05, 3.63) is 81.6 Å². The Morgan fingerprint density at radius 3 is 2.51 bits per heavy atom. The molecular formula is C29H37N3O5. The van der Waals surface area contributed by atoms with Gasteiger partial charge in [0.1, 0.15) is 6.04 Å². The topological polar surface area (TPSA) is 101 Å². The molecule has 8 nitrogen and oxygen atoms in total. The molecule has 3 aromatic rings. The third-order valence-corrected chi connectivity index (χ3v) is 6.13. The minimum Gasteiger partial charge on any atom is -0.464 e. The fourth-order valence-corrected chi connectivity index (χ4v) is 4.19. The Hall–Kier alpha value is -3.49. The van der Waals surface area contributed by atoms with Crippen LogP contribution in [0.4, 0.5) is 0 Å². The number of aryl methyl sites for hydroxylation is 1. The van der Waals surface area contributed by atoms with Crippen molar-refractivity contribution in [3.63, 3.8) is 0 Å². The first-order valence-corrected chi connectivity index (χ1v) is 12.9. The van der Waals surface area contributed by atoms with Crippen LogP contribution in [0.2, 0.25) is 0 Å². The highest BCUT2D eigenvalue weighted by Gasteiger charge is 2.25. The number of nitrogens with one attached hydrogen (secondary N) is 2. The molecule has 1 aliphatic heterocycles. The minimum atomic E-state index is -0.933. The molecule has 198 valence electrons. The number of carbonyl (C=O) groups excluding carboxylic acids is 2. The SMILES string of the molecule is CC.Cc1ccc(C(=O)NC(Cc2cc(=O)[nH]c3ccccc23)C(=O)OCCCN2CCOCC2)cc1. The number of carbonyl (C=O) groups is 2. The monoisotopic (exact) mass is 507 g/mol. The van der Waals surface area contributed by atoms with Crippen molar-refractivity contribution < 1.29 is 19.1 Å². The maximum Gasteiger partial charge on any atom is 0.328 e. The Bertz CT molecular complexity index is 1220. The summed E-state index contributed by atoms with van der Waals surface area (Å²) in [6, 6.07) is 15.1. The molecule has 2 aromatic carbocycles. The average Bonchev–Trinajstić information content (AvgIpc) is 2.92. The van der Waals surface area contributed by atoms with E-state index in [-0.39, 0.29) is 24.5 Å². The molecule has 0 radical (unpaired) electrons. The van der Waals surface area contributed by atoms with Crippen LogP contribution in [0.15, 0.2) is 59.4 Å². The van der Waals surface area contributed by atoms with E-state index in [1.54, 1.807) is 12.1 Å². The quantitative estimate of drug-likeness (QED) is 0.340. The van der Waals surface area contributed by atoms with E-state index in [9.17, 15) is 14.4 Å². The second kappa shape index (κ2) is 14.3. The molecule has 0 bridgehead atoms. The molecule has 0 aliphatic carbocycles. The van der Waals surface area contributed by atoms with E-state index in [2.05, 4.69) is 15.2 Å². The molecular weight excluding hydrogens is 470 g/mol. The van der Waals surface area contributed by atoms with Gasteiger partial charge in [-0.05, 0) is 37.1 Å². The summed E-state index contributed by atoms with van der Waals surface area (Å²) in [4.78, 5) is 43.3. The number of aromatic amines is 1. The predicted octanol–water partition coefficient (Wildman–Crippen LogP) is 3.47. The van der Waals surface area contributed by atoms with Crippen LogP contribution in [0.25, 0.3) is 10.9 Å². The van der Waals surface area contributed by atoms with Crippen LogP contribution >= 0.6 is 0 Å². The molecule has 1 fully saturated rings. The largest absolute Gasteiger partial charge is 0.464 e. The summed E-state index contributed by atoms with van der Waals surface area (Å²) >= 11 is 0. The number of morpholine rings is 1. The summed E-state index contributed by atoms with van der Waals surface area (Å²) < 4.78 is 10.9. The van der Waals surface area contributed by atoms with E-state index < -0.39 is 12.0 Å². The van der Waals surface area contributed by atoms with Crippen molar-refractivity contribution in [2.24, 2.45) is 0 Å². The zero-order chi connectivity index (χ0) is 26.6. The van der Waals surface area contributed by atoms with E-state index in [0.29, 0.717) is 23.1 Å². The number of pyridine rings is 1. The van der Waals surface area contributed by atoms with Gasteiger partial charge in [0.2, 0.25) is 5.56 Å². The molecule has 1 amide bonds. The number of H-pyrrole nitrogens is 1. The molecule has 4 rings (SSSR count). The number of rotatable bonds is 9. The van der Waals surface area contributed by atoms with Crippen LogP contribution in [0, 0.1) is 6.92 Å². The van der Waals surface area contributed by atoms with E-state index >= 15 is 0 Å². The van der Waals surface area contributed by atoms with Crippen molar-refractivity contribution in [1.29, 1.82) is 0 Å². The van der Waals surface area contributed by atoms with Gasteiger partial charge in [-0.15, -0.1) is 0 Å². The summed E-state index contributed by atoms with van der Waals surface area (Å²) in [5, 5.41) is 3.64. The molecule has 37 heavy (non-hydrogen) atoms. The zero-order valence-corrected chi connectivity index (χ0v) is 21.9. The van der Waals surface area contributed by atoms with Gasteiger partial charge in [-0.2, -0.15) is 0 Å². The molecule has 8 heteroatoms. The van der Waals surface area contributed by atoms with Crippen molar-refractivity contribution in [1.82, 2.24) is 15.2 Å². The van der Waals surface area contributed by atoms with Gasteiger partial charge in [-0.25, -0.2) is 4.79 Å². The Balaban J connectivity index is 0.00000186. The van der Waals surface area contributed by atoms with E-state index in [1.807, 2.05) is 57.2 Å². The van der Waals surface area contributed by atoms with E-state index in [0.717, 1.165) is 43.8 Å². The van der Waals surface area contributed by atoms with Crippen LogP contribution < -0.4 is 10.9 Å². The lowest BCUT2D eigenvalue weighted by Crippen LogP contribution is -2.44. The molecule has 1 aliphatic rings. The minimum absolute atomic E-state index is 0.143. The van der Waals surface area contributed by atoms with Gasteiger partial charge in [0, 0.05) is 48.6 Å². The number of amides is 1. The second-order valence-corrected chi connectivity index (χ2v) is 8.78. The van der Waals surface area contributed by atoms with Gasteiger partial charge < -0.3 is 19.8 Å². The number of ether oxygens (including phenoxy) is 2. The van der Waals surface area contributed by atoms with Crippen LogP contribution in [0.3, 0.4) is 0 Å². The average molecular weight is 508 g/mol. The first kappa shape index (κ1) is 28.1. The third kappa shape index (κ3) is 8.27. The van der Waals surface area contributed by atoms with Crippen molar-refractivity contribution in [2.45, 2.75) is 39.7 Å². The van der Waals surface area contributed by atoms with E-state index in [1.165, 1.54) is 6.07 Å². The normalized spacial score (nSPS) is 14.4. The molecule has 0 saturated carbocycles. The van der Waals surface area contributed by atoms with Crippen molar-refractivity contribution in [3.8, 4) is 0 Å². The highest BCUT2D eigenvalue weighted by Crippen LogP contribution is 2.17. The lowest BCUT2D eigenvalue weighted by atomic mass is 10.0. The van der Waals surface area contributed by atoms with Crippen molar-refractivity contribution in [2.75, 3.05) is 39.5 Å². The molecule has 2 heterocycles. The molecule has 1 aromatic heterocycles. The Kier molecular flexibility index (Phi) is 10.9. The molecule has 0 spiro atoms. The number of aromatic nitrogens is 1. The Morgan fingerprint density at radius 2 is 1.78 bits per heavy atom. The number of para-hydroxylation sites is 1. The number of esters is 1. The highest BCUT2D eigenvalue weighted by atomic mass is 16.5. The first-order valence-electron chi connectivity index (χ1n) is 12.9. The van der Waals surface area contributed by atoms with Crippen LogP contribution in [-0.2, 0) is 20.7 Å². The highest BCUT2D eigenvalue weighted by molar-refractivity contribution is 5.97. The summed E-state index contributed by atoms with van der Waals surface area (Å²) in [7, 11) is 0. The third-order valence-electron chi connectivity index (χ3n) is 6.13. The fourth-order valence-electron chi connectivity index (χ4n) is 4.19. The van der Waals surface area contributed by atoms with Crippen LogP contribution in [-0.4, -0.2) is 67.3 Å². The standard InChI is InChI=1S/C27H31N3O5.C2H6/c1-19-7-9-20(10-8-19)26(32)29-24(27(33)35-14-4-11-30-12-15-34-16-13-30)17-21-18-25(31)28-23-6-3-2-5-22(21)23;1-2/h2-3,5-10,18,24H,4,11-17H2,1H3,(H,28,31)(H,29,32);1-2H3. The lowest BCUT2D eigenvalue weighted by molar-refractivity contribution is -0.146. The van der Waals surface area contributed by atoms with Gasteiger partial charge in [0.15, 0.2) is 0 Å². The zero-order valence-electron chi connectivity index (χ0n) is 21.9. The number of benzene rings is 2. The second-order valence-electron chi connectivity index (χ2n) is 8.78. The number of fused-ring (bicyclic) bond motifs is 1. The van der Waals surface area contributed by atoms with Crippen LogP contribution in [0.1, 0.15) is 41.8 Å². The van der Waals surface area contributed by atoms with Gasteiger partial charge in [0.25, 0.3) is 5.91 Å². The number of nitrogens with zero attached hydrogens (tertiary/aromatic N) is 1. The number of hydrogen-bond donors (Lipinski definition) is 2. The van der Waals surface area contributed by atoms with Gasteiger partial charge in [0.05, 0.1) is 19.8 Å². The van der Waals surface area contributed by atoms with Gasteiger partial charge in [-0.3, -0.25) is 14.5 Å². The first-order chi connectivity index (χ1) is 18.0. The molecule has 1 unspecified atom stereocenters. The summed E-state index contributed by atoms with van der Waals surface area (Å²) in [6.07, 6.45) is 0.836. The molecule has 1 atom stereocenters. The smallest absolute Gasteiger partial charge is 0.328 e. The van der Waals surface area contributed by atoms with Crippen LogP contribution in [0.5, 0.6) is 0 Å². The maximum atomic E-state index is 13.1. The maximum absolute atomic E-state index is 13.1. The summed E-state index contributed by atoms with van der Waals surface area (Å²) in [5.41, 5.74) is 2.58. The van der Waals surface area contributed by atoms with Gasteiger partial charge in [-0.1, -0.05) is 49.7 Å². The number of hydrogen-bond acceptors (Lipinski definition) is 6. The molecule has 2 N–H and O–H groups in total. The lowest BCUT2D eigenvalue weighted by Gasteiger charge is -2.26. The predicted molar refractivity (Wildman–Crippen MR) is 145 cm³/mol. The summed E-state index contributed by atoms with van der Waals surface area (Å²) in [6.45, 7) is 10.2. The van der Waals surface area contributed by atoms with E-state index in [4.69, 9.17) is 9.47 Å². The summed E-state index contributed by atoms with van der Waals surface area (Å²) in [5.74, 6) is -0.883.